The number of rotatable bonds is 6. The molecule has 0 saturated carbocycles. The molecule has 2 aromatic heterocycles. The van der Waals surface area contributed by atoms with Gasteiger partial charge in [-0.2, -0.15) is 0 Å². The highest BCUT2D eigenvalue weighted by molar-refractivity contribution is 8.00. The predicted octanol–water partition coefficient (Wildman–Crippen LogP) is 2.08. The number of thioether (sulfide) groups is 1. The summed E-state index contributed by atoms with van der Waals surface area (Å²) >= 11 is 1.18. The number of carbonyl (C=O) groups excluding carboxylic acids is 1. The van der Waals surface area contributed by atoms with Crippen LogP contribution in [0, 0.1) is 0 Å². The highest BCUT2D eigenvalue weighted by Crippen LogP contribution is 2.27. The van der Waals surface area contributed by atoms with Crippen molar-refractivity contribution in [3.05, 3.63) is 56.5 Å². The molecule has 0 spiro atoms. The van der Waals surface area contributed by atoms with Gasteiger partial charge in [-0.1, -0.05) is 44.7 Å². The van der Waals surface area contributed by atoms with E-state index in [2.05, 4.69) is 9.97 Å². The topological polar surface area (TPSA) is 99.3 Å². The van der Waals surface area contributed by atoms with E-state index in [4.69, 9.17) is 4.74 Å². The van der Waals surface area contributed by atoms with E-state index in [0.717, 1.165) is 15.9 Å². The maximum absolute atomic E-state index is 12.9. The number of carbonyl (C=O) groups is 1. The standard InChI is InChI=1S/C23H29N5O4S/c1-23(2,3)21-24-18-17(20(30)28(6)22(31)27(18)5)19(25-21)33-13-16(29)26(4)12-14-9-8-10-15(11-14)32-7/h8-11H,12-13H2,1-7H3. The summed E-state index contributed by atoms with van der Waals surface area (Å²) in [5, 5.41) is 0.630. The van der Waals surface area contributed by atoms with Crippen molar-refractivity contribution in [2.24, 2.45) is 14.1 Å². The summed E-state index contributed by atoms with van der Waals surface area (Å²) in [6.45, 7) is 6.28. The van der Waals surface area contributed by atoms with Crippen LogP contribution in [0.2, 0.25) is 0 Å². The van der Waals surface area contributed by atoms with Crippen LogP contribution >= 0.6 is 11.8 Å². The molecule has 0 unspecified atom stereocenters. The number of methoxy groups -OCH3 is 1. The van der Waals surface area contributed by atoms with Crippen LogP contribution in [0.4, 0.5) is 0 Å². The van der Waals surface area contributed by atoms with Crippen LogP contribution in [0.1, 0.15) is 32.2 Å². The fraction of sp³-hybridized carbons (Fsp3) is 0.435. The van der Waals surface area contributed by atoms with Crippen molar-refractivity contribution in [3.63, 3.8) is 0 Å². The molecule has 0 aliphatic carbocycles. The van der Waals surface area contributed by atoms with E-state index in [9.17, 15) is 14.4 Å². The van der Waals surface area contributed by atoms with Gasteiger partial charge in [0, 0.05) is 33.1 Å². The third-order valence-electron chi connectivity index (χ3n) is 5.25. The van der Waals surface area contributed by atoms with Crippen LogP contribution in [-0.2, 0) is 30.8 Å². The van der Waals surface area contributed by atoms with Gasteiger partial charge in [0.2, 0.25) is 5.91 Å². The lowest BCUT2D eigenvalue weighted by Crippen LogP contribution is -2.38. The fourth-order valence-electron chi connectivity index (χ4n) is 3.24. The van der Waals surface area contributed by atoms with Gasteiger partial charge in [0.25, 0.3) is 5.56 Å². The Morgan fingerprint density at radius 3 is 2.48 bits per heavy atom. The van der Waals surface area contributed by atoms with E-state index in [1.165, 1.54) is 23.4 Å². The highest BCUT2D eigenvalue weighted by Gasteiger charge is 2.24. The van der Waals surface area contributed by atoms with Crippen LogP contribution in [-0.4, -0.2) is 49.8 Å². The summed E-state index contributed by atoms with van der Waals surface area (Å²) in [6.07, 6.45) is 0. The van der Waals surface area contributed by atoms with Gasteiger partial charge in [-0.25, -0.2) is 14.8 Å². The van der Waals surface area contributed by atoms with Gasteiger partial charge in [-0.05, 0) is 17.7 Å². The predicted molar refractivity (Wildman–Crippen MR) is 129 cm³/mol. The molecule has 10 heteroatoms. The Kier molecular flexibility index (Phi) is 6.97. The number of hydrogen-bond acceptors (Lipinski definition) is 7. The summed E-state index contributed by atoms with van der Waals surface area (Å²) in [6, 6.07) is 7.54. The van der Waals surface area contributed by atoms with Crippen molar-refractivity contribution in [1.82, 2.24) is 24.0 Å². The molecule has 0 atom stereocenters. The van der Waals surface area contributed by atoms with Crippen LogP contribution < -0.4 is 16.0 Å². The normalized spacial score (nSPS) is 11.6. The fourth-order valence-corrected chi connectivity index (χ4v) is 4.20. The van der Waals surface area contributed by atoms with Crippen molar-refractivity contribution in [2.45, 2.75) is 37.8 Å². The third kappa shape index (κ3) is 5.11. The first kappa shape index (κ1) is 24.5. The Balaban J connectivity index is 1.93. The first-order chi connectivity index (χ1) is 15.4. The summed E-state index contributed by atoms with van der Waals surface area (Å²) < 4.78 is 7.62. The Morgan fingerprint density at radius 1 is 1.15 bits per heavy atom. The summed E-state index contributed by atoms with van der Waals surface area (Å²) in [5.41, 5.74) is -0.137. The lowest BCUT2D eigenvalue weighted by molar-refractivity contribution is -0.127. The number of aryl methyl sites for hydroxylation is 1. The number of benzene rings is 1. The minimum Gasteiger partial charge on any atom is -0.497 e. The second-order valence-electron chi connectivity index (χ2n) is 8.90. The smallest absolute Gasteiger partial charge is 0.332 e. The molecule has 0 saturated heterocycles. The Bertz CT molecular complexity index is 1320. The van der Waals surface area contributed by atoms with E-state index in [-0.39, 0.29) is 22.7 Å². The van der Waals surface area contributed by atoms with Gasteiger partial charge in [-0.15, -0.1) is 0 Å². The lowest BCUT2D eigenvalue weighted by Gasteiger charge is -2.20. The molecule has 0 N–H and O–H groups in total. The summed E-state index contributed by atoms with van der Waals surface area (Å²) in [4.78, 5) is 49.0. The quantitative estimate of drug-likeness (QED) is 0.401. The van der Waals surface area contributed by atoms with Crippen molar-refractivity contribution in [1.29, 1.82) is 0 Å². The molecule has 3 rings (SSSR count). The van der Waals surface area contributed by atoms with Crippen molar-refractivity contribution in [2.75, 3.05) is 19.9 Å². The molecule has 33 heavy (non-hydrogen) atoms. The van der Waals surface area contributed by atoms with Crippen LogP contribution in [0.25, 0.3) is 11.0 Å². The first-order valence-electron chi connectivity index (χ1n) is 10.4. The summed E-state index contributed by atoms with van der Waals surface area (Å²) in [5.74, 6) is 1.19. The van der Waals surface area contributed by atoms with Crippen molar-refractivity contribution < 1.29 is 9.53 Å². The Hall–Kier alpha value is -3.14. The highest BCUT2D eigenvalue weighted by atomic mass is 32.2. The zero-order chi connectivity index (χ0) is 24.5. The van der Waals surface area contributed by atoms with E-state index in [1.807, 2.05) is 45.0 Å². The molecule has 0 aliphatic heterocycles. The van der Waals surface area contributed by atoms with Crippen LogP contribution in [0.15, 0.2) is 38.9 Å². The van der Waals surface area contributed by atoms with Gasteiger partial charge < -0.3 is 9.64 Å². The second-order valence-corrected chi connectivity index (χ2v) is 9.86. The van der Waals surface area contributed by atoms with Gasteiger partial charge in [0.15, 0.2) is 5.65 Å². The maximum Gasteiger partial charge on any atom is 0.332 e. The molecule has 1 amide bonds. The largest absolute Gasteiger partial charge is 0.497 e. The average Bonchev–Trinajstić information content (AvgIpc) is 2.78. The molecular formula is C23H29N5O4S. The lowest BCUT2D eigenvalue weighted by atomic mass is 9.96. The zero-order valence-corrected chi connectivity index (χ0v) is 20.8. The van der Waals surface area contributed by atoms with Crippen LogP contribution in [0.5, 0.6) is 5.75 Å². The summed E-state index contributed by atoms with van der Waals surface area (Å²) in [7, 11) is 6.32. The molecule has 0 aliphatic rings. The zero-order valence-electron chi connectivity index (χ0n) is 20.0. The molecular weight excluding hydrogens is 442 g/mol. The number of aromatic nitrogens is 4. The Labute approximate surface area is 196 Å². The third-order valence-corrected chi connectivity index (χ3v) is 6.21. The molecule has 0 radical (unpaired) electrons. The minimum atomic E-state index is -0.478. The van der Waals surface area contributed by atoms with Crippen LogP contribution in [0.3, 0.4) is 0 Å². The molecule has 0 fully saturated rings. The van der Waals surface area contributed by atoms with Gasteiger partial charge in [0.05, 0.1) is 12.9 Å². The average molecular weight is 472 g/mol. The maximum atomic E-state index is 12.9. The van der Waals surface area contributed by atoms with Crippen molar-refractivity contribution in [3.8, 4) is 5.75 Å². The first-order valence-corrected chi connectivity index (χ1v) is 11.4. The SMILES string of the molecule is COc1cccc(CN(C)C(=O)CSc2nc(C(C)(C)C)nc3c2c(=O)n(C)c(=O)n3C)c1. The monoisotopic (exact) mass is 471 g/mol. The van der Waals surface area contributed by atoms with E-state index in [1.54, 1.807) is 26.1 Å². The van der Waals surface area contributed by atoms with Gasteiger partial charge >= 0.3 is 5.69 Å². The number of hydrogen-bond donors (Lipinski definition) is 0. The molecule has 176 valence electrons. The minimum absolute atomic E-state index is 0.0855. The number of amides is 1. The van der Waals surface area contributed by atoms with Gasteiger partial charge in [-0.3, -0.25) is 18.7 Å². The van der Waals surface area contributed by atoms with E-state index < -0.39 is 16.7 Å². The van der Waals surface area contributed by atoms with Crippen molar-refractivity contribution >= 4 is 28.7 Å². The molecule has 0 bridgehead atoms. The molecule has 9 nitrogen and oxygen atoms in total. The second kappa shape index (κ2) is 9.38. The van der Waals surface area contributed by atoms with E-state index in [0.29, 0.717) is 17.4 Å². The molecule has 3 aromatic rings. The number of nitrogens with zero attached hydrogens (tertiary/aromatic N) is 5. The molecule has 2 heterocycles. The van der Waals surface area contributed by atoms with E-state index >= 15 is 0 Å². The Morgan fingerprint density at radius 2 is 1.85 bits per heavy atom. The number of fused-ring (bicyclic) bond motifs is 1. The van der Waals surface area contributed by atoms with Gasteiger partial charge in [0.1, 0.15) is 22.0 Å². The number of ether oxygens (including phenoxy) is 1. The molecule has 1 aromatic carbocycles.